The Balaban J connectivity index is 1.94. The molecule has 3 N–H and O–H groups in total. The van der Waals surface area contributed by atoms with E-state index in [0.29, 0.717) is 4.57 Å². The SMILES string of the molecule is O=c1ccn([C@@H]2O[C@@H]3COP(=O)(O)OP(=O)(O)O[C@H]3[C@@H]2F)c(=O)[nH]1. The molecule has 2 fully saturated rings. The number of alkyl halides is 1. The number of halogens is 1. The Morgan fingerprint density at radius 1 is 1.29 bits per heavy atom. The molecule has 0 aromatic carbocycles. The van der Waals surface area contributed by atoms with Gasteiger partial charge in [0, 0.05) is 12.3 Å². The lowest BCUT2D eigenvalue weighted by Gasteiger charge is -2.26. The van der Waals surface area contributed by atoms with E-state index in [1.165, 1.54) is 0 Å². The van der Waals surface area contributed by atoms with Crippen molar-refractivity contribution in [2.45, 2.75) is 24.6 Å². The Morgan fingerprint density at radius 2 is 2.00 bits per heavy atom. The number of fused-ring (bicyclic) bond motifs is 1. The van der Waals surface area contributed by atoms with Crippen molar-refractivity contribution in [1.82, 2.24) is 9.55 Å². The minimum absolute atomic E-state index is 0.696. The fraction of sp³-hybridized carbons (Fsp3) is 0.556. The molecule has 0 amide bonds. The van der Waals surface area contributed by atoms with E-state index in [-0.39, 0.29) is 0 Å². The van der Waals surface area contributed by atoms with Crippen LogP contribution < -0.4 is 11.2 Å². The van der Waals surface area contributed by atoms with Gasteiger partial charge in [0.05, 0.1) is 6.61 Å². The van der Waals surface area contributed by atoms with Crippen molar-refractivity contribution < 1.29 is 41.4 Å². The first-order valence-corrected chi connectivity index (χ1v) is 9.38. The highest BCUT2D eigenvalue weighted by Crippen LogP contribution is 2.63. The van der Waals surface area contributed by atoms with Gasteiger partial charge in [-0.05, 0) is 0 Å². The van der Waals surface area contributed by atoms with Crippen LogP contribution in [-0.2, 0) is 27.2 Å². The number of phosphoric acid groups is 2. The lowest BCUT2D eigenvalue weighted by atomic mass is 10.1. The van der Waals surface area contributed by atoms with Crippen LogP contribution in [0.5, 0.6) is 0 Å². The van der Waals surface area contributed by atoms with E-state index in [9.17, 15) is 32.9 Å². The zero-order valence-electron chi connectivity index (χ0n) is 11.6. The van der Waals surface area contributed by atoms with E-state index in [1.807, 2.05) is 4.98 Å². The molecule has 2 saturated heterocycles. The van der Waals surface area contributed by atoms with Gasteiger partial charge in [-0.3, -0.25) is 23.4 Å². The van der Waals surface area contributed by atoms with Gasteiger partial charge >= 0.3 is 21.3 Å². The molecule has 15 heteroatoms. The van der Waals surface area contributed by atoms with Crippen LogP contribution in [0.4, 0.5) is 4.39 Å². The Morgan fingerprint density at radius 3 is 2.67 bits per heavy atom. The largest absolute Gasteiger partial charge is 0.481 e. The first kappa shape index (κ1) is 17.6. The van der Waals surface area contributed by atoms with Gasteiger partial charge in [0.1, 0.15) is 12.2 Å². The first-order valence-electron chi connectivity index (χ1n) is 6.39. The third-order valence-electron chi connectivity index (χ3n) is 3.26. The fourth-order valence-electron chi connectivity index (χ4n) is 2.30. The first-order chi connectivity index (χ1) is 11.1. The number of hydrogen-bond donors (Lipinski definition) is 3. The smallest absolute Gasteiger partial charge is 0.346 e. The second-order valence-corrected chi connectivity index (χ2v) is 7.91. The third kappa shape index (κ3) is 3.44. The summed E-state index contributed by atoms with van der Waals surface area (Å²) in [6.07, 6.45) is -5.89. The number of phosphoric ester groups is 2. The molecule has 1 aromatic rings. The Bertz CT molecular complexity index is 853. The fourth-order valence-corrected chi connectivity index (χ4v) is 4.58. The zero-order valence-corrected chi connectivity index (χ0v) is 13.3. The molecule has 0 aliphatic carbocycles. The van der Waals surface area contributed by atoms with Crippen molar-refractivity contribution in [1.29, 1.82) is 0 Å². The van der Waals surface area contributed by atoms with Crippen molar-refractivity contribution in [3.8, 4) is 0 Å². The summed E-state index contributed by atoms with van der Waals surface area (Å²) in [7, 11) is -10.0. The maximum Gasteiger partial charge on any atom is 0.481 e. The van der Waals surface area contributed by atoms with Crippen LogP contribution in [0.2, 0.25) is 0 Å². The highest BCUT2D eigenvalue weighted by atomic mass is 31.3. The number of H-pyrrole nitrogens is 1. The topological polar surface area (TPSA) is 166 Å². The van der Waals surface area contributed by atoms with Crippen molar-refractivity contribution >= 4 is 15.6 Å². The van der Waals surface area contributed by atoms with Crippen LogP contribution in [0.25, 0.3) is 0 Å². The maximum absolute atomic E-state index is 14.6. The summed E-state index contributed by atoms with van der Waals surface area (Å²) >= 11 is 0. The van der Waals surface area contributed by atoms with Gasteiger partial charge in [-0.25, -0.2) is 18.3 Å². The van der Waals surface area contributed by atoms with E-state index in [2.05, 4.69) is 13.4 Å². The molecule has 0 saturated carbocycles. The lowest BCUT2D eigenvalue weighted by molar-refractivity contribution is -0.0527. The molecular weight excluding hydrogens is 377 g/mol. The maximum atomic E-state index is 14.6. The number of ether oxygens (including phenoxy) is 1. The molecule has 3 heterocycles. The van der Waals surface area contributed by atoms with Gasteiger partial charge in [0.15, 0.2) is 12.4 Å². The van der Waals surface area contributed by atoms with Crippen molar-refractivity contribution in [3.05, 3.63) is 33.1 Å². The zero-order chi connectivity index (χ0) is 17.7. The molecule has 0 radical (unpaired) electrons. The molecule has 2 unspecified atom stereocenters. The molecule has 3 rings (SSSR count). The summed E-state index contributed by atoms with van der Waals surface area (Å²) in [4.78, 5) is 43.3. The molecule has 1 aromatic heterocycles. The quantitative estimate of drug-likeness (QED) is 0.529. The van der Waals surface area contributed by atoms with Crippen LogP contribution in [0.15, 0.2) is 21.9 Å². The number of aromatic amines is 1. The highest BCUT2D eigenvalue weighted by Gasteiger charge is 2.54. The number of hydrogen-bond acceptors (Lipinski definition) is 8. The average Bonchev–Trinajstić information content (AvgIpc) is 2.71. The summed E-state index contributed by atoms with van der Waals surface area (Å²) < 4.78 is 56.4. The van der Waals surface area contributed by atoms with Crippen LogP contribution in [0.3, 0.4) is 0 Å². The van der Waals surface area contributed by atoms with Gasteiger partial charge in [0.2, 0.25) is 0 Å². The van der Waals surface area contributed by atoms with Gasteiger partial charge in [-0.15, -0.1) is 0 Å². The Labute approximate surface area is 132 Å². The standard InChI is InChI=1S/C9H11FN2O10P2/c10-6-7-4(3-19-23(15,16)22-24(17,18)21-7)20-8(6)12-2-1-5(13)11-9(12)14/h1-2,4,6-8H,3H2,(H,15,16)(H,17,18)(H,11,13,14)/t4-,6+,7-,8-/m1/s1. The predicted octanol–water partition coefficient (Wildman–Crippen LogP) is -0.595. The Hall–Kier alpha value is -1.17. The number of rotatable bonds is 1. The van der Waals surface area contributed by atoms with E-state index in [1.54, 1.807) is 0 Å². The molecule has 12 nitrogen and oxygen atoms in total. The van der Waals surface area contributed by atoms with E-state index < -0.39 is 58.1 Å². The normalized spacial score (nSPS) is 43.0. The van der Waals surface area contributed by atoms with Gasteiger partial charge in [-0.1, -0.05) is 0 Å². The van der Waals surface area contributed by atoms with E-state index in [0.717, 1.165) is 12.3 Å². The summed E-state index contributed by atoms with van der Waals surface area (Å²) in [5.74, 6) is 0. The number of nitrogens with zero attached hydrogens (tertiary/aromatic N) is 1. The molecule has 2 aliphatic rings. The molecule has 6 atom stereocenters. The summed E-state index contributed by atoms with van der Waals surface area (Å²) in [6.45, 7) is -0.701. The van der Waals surface area contributed by atoms with Crippen LogP contribution in [-0.4, -0.2) is 44.3 Å². The monoisotopic (exact) mass is 388 g/mol. The van der Waals surface area contributed by atoms with Gasteiger partial charge in [0.25, 0.3) is 5.56 Å². The van der Waals surface area contributed by atoms with E-state index in [4.69, 9.17) is 4.74 Å². The Kier molecular flexibility index (Phi) is 4.39. The van der Waals surface area contributed by atoms with Crippen LogP contribution in [0, 0.1) is 0 Å². The molecular formula is C9H11FN2O10P2. The number of nitrogens with one attached hydrogen (secondary N) is 1. The molecule has 0 spiro atoms. The van der Waals surface area contributed by atoms with Crippen molar-refractivity contribution in [2.24, 2.45) is 0 Å². The minimum Gasteiger partial charge on any atom is -0.346 e. The van der Waals surface area contributed by atoms with E-state index >= 15 is 0 Å². The summed E-state index contributed by atoms with van der Waals surface area (Å²) in [6, 6.07) is 0.942. The predicted molar refractivity (Wildman–Crippen MR) is 71.7 cm³/mol. The molecule has 0 bridgehead atoms. The van der Waals surface area contributed by atoms with Crippen LogP contribution in [0.1, 0.15) is 6.23 Å². The third-order valence-corrected chi connectivity index (χ3v) is 5.89. The van der Waals surface area contributed by atoms with Crippen LogP contribution >= 0.6 is 15.6 Å². The molecule has 24 heavy (non-hydrogen) atoms. The summed E-state index contributed by atoms with van der Waals surface area (Å²) in [5.41, 5.74) is -1.70. The molecule has 2 aliphatic heterocycles. The summed E-state index contributed by atoms with van der Waals surface area (Å²) in [5, 5.41) is 0. The lowest BCUT2D eigenvalue weighted by Crippen LogP contribution is -2.37. The van der Waals surface area contributed by atoms with Gasteiger partial charge < -0.3 is 14.5 Å². The number of aromatic nitrogens is 2. The second-order valence-electron chi connectivity index (χ2n) is 4.91. The average molecular weight is 388 g/mol. The second kappa shape index (κ2) is 5.97. The highest BCUT2D eigenvalue weighted by molar-refractivity contribution is 7.61. The van der Waals surface area contributed by atoms with Crippen molar-refractivity contribution in [2.75, 3.05) is 6.61 Å². The van der Waals surface area contributed by atoms with Gasteiger partial charge in [-0.2, -0.15) is 4.31 Å². The van der Waals surface area contributed by atoms with Crippen molar-refractivity contribution in [3.63, 3.8) is 0 Å². The minimum atomic E-state index is -5.13. The molecule has 134 valence electrons.